The molecule has 3 N–H and O–H groups in total. The molecule has 92 valence electrons. The smallest absolute Gasteiger partial charge is 0.255 e. The first kappa shape index (κ1) is 13.0. The number of benzene rings is 2. The Morgan fingerprint density at radius 2 is 1.67 bits per heavy atom. The Kier molecular flexibility index (Phi) is 4.33. The lowest BCUT2D eigenvalue weighted by molar-refractivity contribution is 0.102. The summed E-state index contributed by atoms with van der Waals surface area (Å²) in [5.41, 5.74) is 7.99. The Morgan fingerprint density at radius 3 is 2.22 bits per heavy atom. The minimum absolute atomic E-state index is 0.105. The molecule has 2 aromatic carbocycles. The number of hydrogen-bond donors (Lipinski definition) is 2. The van der Waals surface area contributed by atoms with E-state index in [2.05, 4.69) is 27.9 Å². The SMILES string of the molecule is NCc1ccc(NC(=O)c2ccc(I)cc2)cc1. The highest BCUT2D eigenvalue weighted by Crippen LogP contribution is 2.12. The van der Waals surface area contributed by atoms with Gasteiger partial charge in [0.15, 0.2) is 0 Å². The Balaban J connectivity index is 2.08. The van der Waals surface area contributed by atoms with Crippen LogP contribution in [0, 0.1) is 3.57 Å². The summed E-state index contributed by atoms with van der Waals surface area (Å²) in [5, 5.41) is 2.85. The highest BCUT2D eigenvalue weighted by molar-refractivity contribution is 14.1. The van der Waals surface area contributed by atoms with Crippen molar-refractivity contribution in [2.75, 3.05) is 5.32 Å². The van der Waals surface area contributed by atoms with Gasteiger partial charge in [-0.05, 0) is 64.6 Å². The van der Waals surface area contributed by atoms with Crippen molar-refractivity contribution in [1.29, 1.82) is 0 Å². The molecule has 0 aromatic heterocycles. The fourth-order valence-corrected chi connectivity index (χ4v) is 1.89. The number of halogens is 1. The van der Waals surface area contributed by atoms with Crippen LogP contribution < -0.4 is 11.1 Å². The number of nitrogens with one attached hydrogen (secondary N) is 1. The highest BCUT2D eigenvalue weighted by Gasteiger charge is 2.05. The molecule has 0 unspecified atom stereocenters. The molecular formula is C14H13IN2O. The first-order chi connectivity index (χ1) is 8.69. The van der Waals surface area contributed by atoms with Crippen LogP contribution in [0.5, 0.6) is 0 Å². The molecule has 3 nitrogen and oxygen atoms in total. The van der Waals surface area contributed by atoms with E-state index in [1.807, 2.05) is 48.5 Å². The van der Waals surface area contributed by atoms with Crippen molar-refractivity contribution in [2.24, 2.45) is 5.73 Å². The van der Waals surface area contributed by atoms with Crippen LogP contribution in [0.25, 0.3) is 0 Å². The van der Waals surface area contributed by atoms with Gasteiger partial charge in [-0.3, -0.25) is 4.79 Å². The van der Waals surface area contributed by atoms with Gasteiger partial charge in [0.05, 0.1) is 0 Å². The summed E-state index contributed by atoms with van der Waals surface area (Å²) in [4.78, 5) is 11.9. The monoisotopic (exact) mass is 352 g/mol. The van der Waals surface area contributed by atoms with E-state index < -0.39 is 0 Å². The normalized spacial score (nSPS) is 10.1. The van der Waals surface area contributed by atoms with Gasteiger partial charge >= 0.3 is 0 Å². The van der Waals surface area contributed by atoms with E-state index in [0.717, 1.165) is 14.8 Å². The van der Waals surface area contributed by atoms with Crippen molar-refractivity contribution in [3.8, 4) is 0 Å². The molecule has 2 aromatic rings. The second-order valence-electron chi connectivity index (χ2n) is 3.86. The van der Waals surface area contributed by atoms with E-state index in [1.54, 1.807) is 0 Å². The van der Waals surface area contributed by atoms with Crippen molar-refractivity contribution in [3.63, 3.8) is 0 Å². The minimum atomic E-state index is -0.105. The highest BCUT2D eigenvalue weighted by atomic mass is 127. The number of nitrogens with two attached hydrogens (primary N) is 1. The second-order valence-corrected chi connectivity index (χ2v) is 5.11. The van der Waals surface area contributed by atoms with E-state index >= 15 is 0 Å². The number of anilines is 1. The Labute approximate surface area is 120 Å². The zero-order valence-corrected chi connectivity index (χ0v) is 11.8. The largest absolute Gasteiger partial charge is 0.326 e. The number of hydrogen-bond acceptors (Lipinski definition) is 2. The second kappa shape index (κ2) is 5.97. The number of amides is 1. The third-order valence-corrected chi connectivity index (χ3v) is 3.27. The van der Waals surface area contributed by atoms with Gasteiger partial charge < -0.3 is 11.1 Å². The molecule has 0 saturated heterocycles. The van der Waals surface area contributed by atoms with E-state index in [9.17, 15) is 4.79 Å². The summed E-state index contributed by atoms with van der Waals surface area (Å²) < 4.78 is 1.11. The summed E-state index contributed by atoms with van der Waals surface area (Å²) in [5.74, 6) is -0.105. The molecule has 0 bridgehead atoms. The fourth-order valence-electron chi connectivity index (χ4n) is 1.53. The molecule has 0 aliphatic rings. The van der Waals surface area contributed by atoms with Crippen molar-refractivity contribution in [3.05, 3.63) is 63.2 Å². The third kappa shape index (κ3) is 3.30. The van der Waals surface area contributed by atoms with Crippen molar-refractivity contribution in [2.45, 2.75) is 6.54 Å². The maximum Gasteiger partial charge on any atom is 0.255 e. The molecule has 0 fully saturated rings. The molecule has 18 heavy (non-hydrogen) atoms. The number of carbonyl (C=O) groups excluding carboxylic acids is 1. The summed E-state index contributed by atoms with van der Waals surface area (Å²) in [6, 6.07) is 15.0. The average molecular weight is 352 g/mol. The standard InChI is InChI=1S/C14H13IN2O/c15-12-5-3-11(4-6-12)14(18)17-13-7-1-10(9-16)2-8-13/h1-8H,9,16H2,(H,17,18). The van der Waals surface area contributed by atoms with Crippen LogP contribution in [-0.4, -0.2) is 5.91 Å². The van der Waals surface area contributed by atoms with Crippen molar-refractivity contribution < 1.29 is 4.79 Å². The maximum atomic E-state index is 11.9. The molecule has 0 heterocycles. The number of rotatable bonds is 3. The topological polar surface area (TPSA) is 55.1 Å². The van der Waals surface area contributed by atoms with Gasteiger partial charge in [0.1, 0.15) is 0 Å². The molecule has 0 aliphatic carbocycles. The van der Waals surface area contributed by atoms with Gasteiger partial charge in [0.25, 0.3) is 5.91 Å². The van der Waals surface area contributed by atoms with Crippen LogP contribution in [0.2, 0.25) is 0 Å². The molecule has 0 aliphatic heterocycles. The first-order valence-electron chi connectivity index (χ1n) is 5.55. The molecule has 0 atom stereocenters. The van der Waals surface area contributed by atoms with Crippen LogP contribution in [0.15, 0.2) is 48.5 Å². The molecular weight excluding hydrogens is 339 g/mol. The van der Waals surface area contributed by atoms with Crippen LogP contribution in [0.3, 0.4) is 0 Å². The van der Waals surface area contributed by atoms with E-state index in [4.69, 9.17) is 5.73 Å². The van der Waals surface area contributed by atoms with E-state index in [0.29, 0.717) is 12.1 Å². The molecule has 2 rings (SSSR count). The summed E-state index contributed by atoms with van der Waals surface area (Å²) >= 11 is 2.21. The predicted octanol–water partition coefficient (Wildman–Crippen LogP) is 3.00. The van der Waals surface area contributed by atoms with Gasteiger partial charge in [-0.25, -0.2) is 0 Å². The van der Waals surface area contributed by atoms with Crippen LogP contribution in [0.4, 0.5) is 5.69 Å². The Hall–Kier alpha value is -1.40. The van der Waals surface area contributed by atoms with Crippen LogP contribution in [0.1, 0.15) is 15.9 Å². The quantitative estimate of drug-likeness (QED) is 0.835. The van der Waals surface area contributed by atoms with Gasteiger partial charge in [-0.2, -0.15) is 0 Å². The average Bonchev–Trinajstić information content (AvgIpc) is 2.40. The minimum Gasteiger partial charge on any atom is -0.326 e. The predicted molar refractivity (Wildman–Crippen MR) is 81.4 cm³/mol. The van der Waals surface area contributed by atoms with E-state index in [1.165, 1.54) is 0 Å². The Bertz CT molecular complexity index is 535. The van der Waals surface area contributed by atoms with Gasteiger partial charge in [0.2, 0.25) is 0 Å². The van der Waals surface area contributed by atoms with Gasteiger partial charge in [0, 0.05) is 21.4 Å². The maximum absolute atomic E-state index is 11.9. The summed E-state index contributed by atoms with van der Waals surface area (Å²) in [6.07, 6.45) is 0. The third-order valence-electron chi connectivity index (χ3n) is 2.55. The molecule has 0 spiro atoms. The lowest BCUT2D eigenvalue weighted by Gasteiger charge is -2.06. The fraction of sp³-hybridized carbons (Fsp3) is 0.0714. The zero-order chi connectivity index (χ0) is 13.0. The lowest BCUT2D eigenvalue weighted by Crippen LogP contribution is -2.11. The lowest BCUT2D eigenvalue weighted by atomic mass is 10.2. The van der Waals surface area contributed by atoms with Crippen LogP contribution in [-0.2, 0) is 6.54 Å². The summed E-state index contributed by atoms with van der Waals surface area (Å²) in [7, 11) is 0. The van der Waals surface area contributed by atoms with Crippen LogP contribution >= 0.6 is 22.6 Å². The molecule has 0 saturated carbocycles. The molecule has 0 radical (unpaired) electrons. The van der Waals surface area contributed by atoms with E-state index in [-0.39, 0.29) is 5.91 Å². The molecule has 4 heteroatoms. The van der Waals surface area contributed by atoms with Gasteiger partial charge in [-0.1, -0.05) is 12.1 Å². The summed E-state index contributed by atoms with van der Waals surface area (Å²) in [6.45, 7) is 0.505. The first-order valence-corrected chi connectivity index (χ1v) is 6.63. The van der Waals surface area contributed by atoms with Crippen molar-refractivity contribution in [1.82, 2.24) is 0 Å². The zero-order valence-electron chi connectivity index (χ0n) is 9.69. The Morgan fingerprint density at radius 1 is 1.06 bits per heavy atom. The van der Waals surface area contributed by atoms with Gasteiger partial charge in [-0.15, -0.1) is 0 Å². The number of carbonyl (C=O) groups is 1. The van der Waals surface area contributed by atoms with Crippen molar-refractivity contribution >= 4 is 34.2 Å². The molecule has 1 amide bonds.